The van der Waals surface area contributed by atoms with Gasteiger partial charge in [-0.2, -0.15) is 0 Å². The number of carbonyl (C=O) groups excluding carboxylic acids is 1. The van der Waals surface area contributed by atoms with Gasteiger partial charge >= 0.3 is 5.97 Å². The summed E-state index contributed by atoms with van der Waals surface area (Å²) < 4.78 is 33.6. The third-order valence-electron chi connectivity index (χ3n) is 5.71. The zero-order valence-corrected chi connectivity index (χ0v) is 17.1. The van der Waals surface area contributed by atoms with Gasteiger partial charge in [-0.05, 0) is 23.8 Å². The van der Waals surface area contributed by atoms with Crippen LogP contribution in [-0.2, 0) is 9.53 Å². The molecule has 0 aliphatic carbocycles. The number of cyclic esters (lactones) is 1. The van der Waals surface area contributed by atoms with Gasteiger partial charge in [0.25, 0.3) is 0 Å². The molecule has 2 aliphatic rings. The minimum Gasteiger partial charge on any atom is -0.493 e. The number of hydrogen-bond acceptors (Lipinski definition) is 7. The molecule has 2 aromatic carbocycles. The van der Waals surface area contributed by atoms with Crippen molar-refractivity contribution in [1.29, 1.82) is 0 Å². The minimum absolute atomic E-state index is 0.00790. The molecule has 2 aliphatic heterocycles. The summed E-state index contributed by atoms with van der Waals surface area (Å²) in [4.78, 5) is 12.2. The standard InChI is InChI=1S/C22H24O7/c1-11-12(2)22(23)29-19(11)14-9-17-20(28-10-27-17)21(26-5)18(14)13-6-7-15(24-3)16(8-13)25-4/h6-9,11-12,19H,10H2,1-5H3. The van der Waals surface area contributed by atoms with Gasteiger partial charge in [0.15, 0.2) is 23.0 Å². The van der Waals surface area contributed by atoms with Crippen LogP contribution in [0.2, 0.25) is 0 Å². The number of fused-ring (bicyclic) bond motifs is 1. The van der Waals surface area contributed by atoms with E-state index in [1.54, 1.807) is 21.3 Å². The summed E-state index contributed by atoms with van der Waals surface area (Å²) in [5, 5.41) is 0. The van der Waals surface area contributed by atoms with Gasteiger partial charge in [-0.1, -0.05) is 19.9 Å². The molecule has 0 N–H and O–H groups in total. The minimum atomic E-state index is -0.427. The molecule has 7 nitrogen and oxygen atoms in total. The first-order chi connectivity index (χ1) is 14.0. The fourth-order valence-corrected chi connectivity index (χ4v) is 3.90. The predicted molar refractivity (Wildman–Crippen MR) is 105 cm³/mol. The van der Waals surface area contributed by atoms with Crippen molar-refractivity contribution in [1.82, 2.24) is 0 Å². The van der Waals surface area contributed by atoms with Crippen molar-refractivity contribution in [3.63, 3.8) is 0 Å². The molecule has 3 atom stereocenters. The Morgan fingerprint density at radius 1 is 0.966 bits per heavy atom. The molecular formula is C22H24O7. The lowest BCUT2D eigenvalue weighted by atomic mass is 9.85. The van der Waals surface area contributed by atoms with Gasteiger partial charge < -0.3 is 28.4 Å². The molecule has 0 spiro atoms. The molecule has 1 saturated heterocycles. The van der Waals surface area contributed by atoms with Gasteiger partial charge in [0, 0.05) is 17.0 Å². The second-order valence-electron chi connectivity index (χ2n) is 7.18. The Hall–Kier alpha value is -3.09. The summed E-state index contributed by atoms with van der Waals surface area (Å²) in [5.41, 5.74) is 2.41. The van der Waals surface area contributed by atoms with Crippen LogP contribution in [0.25, 0.3) is 11.1 Å². The molecule has 0 radical (unpaired) electrons. The predicted octanol–water partition coefficient (Wildman–Crippen LogP) is 3.98. The number of carbonyl (C=O) groups is 1. The van der Waals surface area contributed by atoms with Gasteiger partial charge in [-0.25, -0.2) is 0 Å². The smallest absolute Gasteiger partial charge is 0.309 e. The molecule has 154 valence electrons. The normalized spacial score (nSPS) is 22.4. The number of hydrogen-bond donors (Lipinski definition) is 0. The van der Waals surface area contributed by atoms with Crippen LogP contribution < -0.4 is 23.7 Å². The lowest BCUT2D eigenvalue weighted by Gasteiger charge is -2.23. The highest BCUT2D eigenvalue weighted by Gasteiger charge is 2.42. The van der Waals surface area contributed by atoms with E-state index in [9.17, 15) is 4.79 Å². The van der Waals surface area contributed by atoms with Crippen LogP contribution in [0.15, 0.2) is 24.3 Å². The maximum absolute atomic E-state index is 12.2. The number of ether oxygens (including phenoxy) is 6. The highest BCUT2D eigenvalue weighted by molar-refractivity contribution is 5.83. The summed E-state index contributed by atoms with van der Waals surface area (Å²) >= 11 is 0. The van der Waals surface area contributed by atoms with Crippen molar-refractivity contribution in [2.24, 2.45) is 11.8 Å². The molecule has 0 saturated carbocycles. The number of benzene rings is 2. The molecule has 2 heterocycles. The van der Waals surface area contributed by atoms with Crippen LogP contribution in [-0.4, -0.2) is 34.1 Å². The summed E-state index contributed by atoms with van der Waals surface area (Å²) in [6, 6.07) is 7.49. The van der Waals surface area contributed by atoms with Crippen molar-refractivity contribution in [3.8, 4) is 39.9 Å². The van der Waals surface area contributed by atoms with Crippen LogP contribution >= 0.6 is 0 Å². The van der Waals surface area contributed by atoms with E-state index >= 15 is 0 Å². The summed E-state index contributed by atoms with van der Waals surface area (Å²) in [5.74, 6) is 2.42. The average Bonchev–Trinajstić information content (AvgIpc) is 3.31. The second kappa shape index (κ2) is 7.39. The number of esters is 1. The lowest BCUT2D eigenvalue weighted by Crippen LogP contribution is -2.11. The lowest BCUT2D eigenvalue weighted by molar-refractivity contribution is -0.144. The number of rotatable bonds is 5. The molecular weight excluding hydrogens is 376 g/mol. The molecule has 0 bridgehead atoms. The highest BCUT2D eigenvalue weighted by atomic mass is 16.7. The Labute approximate surface area is 169 Å². The third kappa shape index (κ3) is 3.01. The first-order valence-electron chi connectivity index (χ1n) is 9.43. The van der Waals surface area contributed by atoms with E-state index in [-0.39, 0.29) is 24.6 Å². The first kappa shape index (κ1) is 19.2. The molecule has 0 amide bonds. The third-order valence-corrected chi connectivity index (χ3v) is 5.71. The topological polar surface area (TPSA) is 72.5 Å². The fourth-order valence-electron chi connectivity index (χ4n) is 3.90. The maximum Gasteiger partial charge on any atom is 0.309 e. The average molecular weight is 400 g/mol. The Morgan fingerprint density at radius 2 is 1.72 bits per heavy atom. The van der Waals surface area contributed by atoms with Crippen molar-refractivity contribution < 1.29 is 33.2 Å². The Kier molecular flexibility index (Phi) is 4.90. The van der Waals surface area contributed by atoms with Crippen LogP contribution in [0.4, 0.5) is 0 Å². The summed E-state index contributed by atoms with van der Waals surface area (Å²) in [7, 11) is 4.76. The maximum atomic E-state index is 12.2. The zero-order valence-electron chi connectivity index (χ0n) is 17.1. The first-order valence-corrected chi connectivity index (χ1v) is 9.43. The van der Waals surface area contributed by atoms with Crippen molar-refractivity contribution in [2.45, 2.75) is 20.0 Å². The van der Waals surface area contributed by atoms with E-state index in [1.807, 2.05) is 38.1 Å². The Bertz CT molecular complexity index is 953. The van der Waals surface area contributed by atoms with Crippen LogP contribution in [0.3, 0.4) is 0 Å². The molecule has 7 heteroatoms. The van der Waals surface area contributed by atoms with Crippen molar-refractivity contribution >= 4 is 5.97 Å². The van der Waals surface area contributed by atoms with E-state index in [0.29, 0.717) is 28.7 Å². The monoisotopic (exact) mass is 400 g/mol. The fraction of sp³-hybridized carbons (Fsp3) is 0.409. The van der Waals surface area contributed by atoms with Gasteiger partial charge in [-0.3, -0.25) is 4.79 Å². The van der Waals surface area contributed by atoms with Crippen LogP contribution in [0.5, 0.6) is 28.7 Å². The Balaban J connectivity index is 1.96. The largest absolute Gasteiger partial charge is 0.493 e. The summed E-state index contributed by atoms with van der Waals surface area (Å²) in [6.07, 6.45) is -0.427. The quantitative estimate of drug-likeness (QED) is 0.703. The molecule has 4 rings (SSSR count). The Morgan fingerprint density at radius 3 is 2.34 bits per heavy atom. The van der Waals surface area contributed by atoms with E-state index in [1.165, 1.54) is 0 Å². The molecule has 0 aromatic heterocycles. The van der Waals surface area contributed by atoms with E-state index < -0.39 is 6.10 Å². The molecule has 2 aromatic rings. The molecule has 1 fully saturated rings. The SMILES string of the molecule is COc1ccc(-c2c(C3OC(=O)C(C)C3C)cc3c(c2OC)OCO3)cc1OC. The second-order valence-corrected chi connectivity index (χ2v) is 7.18. The van der Waals surface area contributed by atoms with Gasteiger partial charge in [0.2, 0.25) is 12.5 Å². The van der Waals surface area contributed by atoms with Crippen LogP contribution in [0.1, 0.15) is 25.5 Å². The van der Waals surface area contributed by atoms with Gasteiger partial charge in [0.05, 0.1) is 27.2 Å². The molecule has 3 unspecified atom stereocenters. The highest BCUT2D eigenvalue weighted by Crippen LogP contribution is 2.54. The van der Waals surface area contributed by atoms with E-state index in [0.717, 1.165) is 16.7 Å². The van der Waals surface area contributed by atoms with Crippen molar-refractivity contribution in [3.05, 3.63) is 29.8 Å². The molecule has 29 heavy (non-hydrogen) atoms. The van der Waals surface area contributed by atoms with Gasteiger partial charge in [0.1, 0.15) is 6.10 Å². The van der Waals surface area contributed by atoms with Crippen molar-refractivity contribution in [2.75, 3.05) is 28.1 Å². The zero-order chi connectivity index (χ0) is 20.7. The van der Waals surface area contributed by atoms with Crippen LogP contribution in [0, 0.1) is 11.8 Å². The van der Waals surface area contributed by atoms with E-state index in [2.05, 4.69) is 0 Å². The number of methoxy groups -OCH3 is 3. The van der Waals surface area contributed by atoms with Gasteiger partial charge in [-0.15, -0.1) is 0 Å². The van der Waals surface area contributed by atoms with E-state index in [4.69, 9.17) is 28.4 Å². The summed E-state index contributed by atoms with van der Waals surface area (Å²) in [6.45, 7) is 4.00.